The lowest BCUT2D eigenvalue weighted by Gasteiger charge is -2.34. The molecular weight excluding hydrogens is 288 g/mol. The first-order valence-corrected chi connectivity index (χ1v) is 8.71. The Hall–Kier alpha value is -1.43. The molecule has 5 nitrogen and oxygen atoms in total. The summed E-state index contributed by atoms with van der Waals surface area (Å²) in [5, 5.41) is 0. The van der Waals surface area contributed by atoms with Crippen molar-refractivity contribution in [2.45, 2.75) is 25.5 Å². The van der Waals surface area contributed by atoms with Gasteiger partial charge in [-0.15, -0.1) is 0 Å². The topological polar surface area (TPSA) is 33.0 Å². The Labute approximate surface area is 137 Å². The van der Waals surface area contributed by atoms with Gasteiger partial charge in [-0.05, 0) is 37.9 Å². The molecule has 23 heavy (non-hydrogen) atoms. The van der Waals surface area contributed by atoms with E-state index in [1.807, 2.05) is 6.20 Å². The van der Waals surface area contributed by atoms with Crippen molar-refractivity contribution in [1.29, 1.82) is 0 Å². The molecule has 2 fully saturated rings. The molecule has 0 bridgehead atoms. The zero-order valence-electron chi connectivity index (χ0n) is 13.9. The second-order valence-corrected chi connectivity index (χ2v) is 7.07. The summed E-state index contributed by atoms with van der Waals surface area (Å²) in [7, 11) is 2.19. The maximum atomic E-state index is 5.99. The first-order valence-electron chi connectivity index (χ1n) is 8.71. The van der Waals surface area contributed by atoms with Gasteiger partial charge in [-0.2, -0.15) is 0 Å². The number of nitrogens with zero attached hydrogens (tertiary/aromatic N) is 4. The number of morpholine rings is 1. The summed E-state index contributed by atoms with van der Waals surface area (Å²) in [5.74, 6) is 0.887. The number of fused-ring (bicyclic) bond motifs is 1. The highest BCUT2D eigenvalue weighted by Gasteiger charge is 2.27. The van der Waals surface area contributed by atoms with Gasteiger partial charge in [-0.25, -0.2) is 4.98 Å². The molecule has 124 valence electrons. The monoisotopic (exact) mass is 314 g/mol. The van der Waals surface area contributed by atoms with Gasteiger partial charge in [0.2, 0.25) is 0 Å². The predicted octanol–water partition coefficient (Wildman–Crippen LogP) is 1.88. The van der Waals surface area contributed by atoms with Crippen molar-refractivity contribution >= 4 is 5.65 Å². The van der Waals surface area contributed by atoms with Crippen molar-refractivity contribution < 1.29 is 4.74 Å². The lowest BCUT2D eigenvalue weighted by molar-refractivity contribution is -0.0374. The van der Waals surface area contributed by atoms with Crippen LogP contribution in [0.15, 0.2) is 30.6 Å². The summed E-state index contributed by atoms with van der Waals surface area (Å²) >= 11 is 0. The maximum Gasteiger partial charge on any atom is 0.136 e. The van der Waals surface area contributed by atoms with E-state index in [1.165, 1.54) is 25.1 Å². The largest absolute Gasteiger partial charge is 0.374 e. The van der Waals surface area contributed by atoms with Gasteiger partial charge >= 0.3 is 0 Å². The molecule has 1 unspecified atom stereocenters. The third-order valence-electron chi connectivity index (χ3n) is 4.92. The quantitative estimate of drug-likeness (QED) is 0.815. The van der Waals surface area contributed by atoms with Crippen LogP contribution in [0.1, 0.15) is 18.5 Å². The van der Waals surface area contributed by atoms with Gasteiger partial charge in [0.05, 0.1) is 12.7 Å². The van der Waals surface area contributed by atoms with E-state index < -0.39 is 0 Å². The summed E-state index contributed by atoms with van der Waals surface area (Å²) in [6.45, 7) is 6.12. The minimum absolute atomic E-state index is 0.328. The number of hydrogen-bond acceptors (Lipinski definition) is 4. The van der Waals surface area contributed by atoms with Crippen LogP contribution in [-0.4, -0.2) is 65.1 Å². The van der Waals surface area contributed by atoms with Gasteiger partial charge in [-0.1, -0.05) is 6.07 Å². The molecule has 0 amide bonds. The van der Waals surface area contributed by atoms with Gasteiger partial charge in [0, 0.05) is 50.8 Å². The second kappa shape index (κ2) is 6.59. The molecule has 1 aliphatic carbocycles. The van der Waals surface area contributed by atoms with E-state index in [4.69, 9.17) is 4.74 Å². The SMILES string of the molecule is CN1CCOC(CN(Cc2cccc3nccn23)CC2CC2)C1. The van der Waals surface area contributed by atoms with E-state index in [0.717, 1.165) is 44.4 Å². The van der Waals surface area contributed by atoms with E-state index in [0.29, 0.717) is 6.10 Å². The van der Waals surface area contributed by atoms with Gasteiger partial charge in [0.15, 0.2) is 0 Å². The number of hydrogen-bond donors (Lipinski definition) is 0. The Morgan fingerprint density at radius 3 is 3.04 bits per heavy atom. The molecule has 2 aliphatic rings. The fourth-order valence-electron chi connectivity index (χ4n) is 3.50. The average molecular weight is 314 g/mol. The summed E-state index contributed by atoms with van der Waals surface area (Å²) in [4.78, 5) is 9.35. The Bertz CT molecular complexity index is 651. The predicted molar refractivity (Wildman–Crippen MR) is 90.4 cm³/mol. The zero-order chi connectivity index (χ0) is 15.6. The number of imidazole rings is 1. The van der Waals surface area contributed by atoms with Gasteiger partial charge in [0.1, 0.15) is 5.65 Å². The Morgan fingerprint density at radius 2 is 2.22 bits per heavy atom. The molecule has 0 radical (unpaired) electrons. The molecule has 0 spiro atoms. The normalized spacial score (nSPS) is 23.0. The summed E-state index contributed by atoms with van der Waals surface area (Å²) in [5.41, 5.74) is 2.34. The van der Waals surface area contributed by atoms with Crippen molar-refractivity contribution in [2.75, 3.05) is 39.8 Å². The van der Waals surface area contributed by atoms with Crippen molar-refractivity contribution in [3.8, 4) is 0 Å². The molecule has 1 atom stereocenters. The number of aromatic nitrogens is 2. The van der Waals surface area contributed by atoms with Crippen molar-refractivity contribution in [3.05, 3.63) is 36.3 Å². The molecule has 1 saturated carbocycles. The summed E-state index contributed by atoms with van der Waals surface area (Å²) in [6, 6.07) is 6.38. The van der Waals surface area contributed by atoms with Crippen LogP contribution in [0.2, 0.25) is 0 Å². The van der Waals surface area contributed by atoms with E-state index in [1.54, 1.807) is 0 Å². The van der Waals surface area contributed by atoms with E-state index in [2.05, 4.69) is 50.6 Å². The molecule has 3 heterocycles. The maximum absolute atomic E-state index is 5.99. The molecule has 1 aliphatic heterocycles. The van der Waals surface area contributed by atoms with Crippen LogP contribution in [0.4, 0.5) is 0 Å². The molecule has 5 heteroatoms. The first-order chi connectivity index (χ1) is 11.3. The fraction of sp³-hybridized carbons (Fsp3) is 0.611. The smallest absolute Gasteiger partial charge is 0.136 e. The highest BCUT2D eigenvalue weighted by molar-refractivity contribution is 5.39. The zero-order valence-corrected chi connectivity index (χ0v) is 13.9. The second-order valence-electron chi connectivity index (χ2n) is 7.07. The molecule has 2 aromatic heterocycles. The third-order valence-corrected chi connectivity index (χ3v) is 4.92. The van der Waals surface area contributed by atoms with Gasteiger partial charge < -0.3 is 14.0 Å². The van der Waals surface area contributed by atoms with Crippen molar-refractivity contribution in [1.82, 2.24) is 19.2 Å². The fourth-order valence-corrected chi connectivity index (χ4v) is 3.50. The minimum atomic E-state index is 0.328. The number of pyridine rings is 1. The van der Waals surface area contributed by atoms with Crippen LogP contribution < -0.4 is 0 Å². The minimum Gasteiger partial charge on any atom is -0.374 e. The molecular formula is C18H26N4O. The number of ether oxygens (including phenoxy) is 1. The van der Waals surface area contributed by atoms with Crippen molar-refractivity contribution in [2.24, 2.45) is 5.92 Å². The van der Waals surface area contributed by atoms with Crippen molar-refractivity contribution in [3.63, 3.8) is 0 Å². The standard InChI is InChI=1S/C18H26N4O/c1-20-9-10-23-17(13-20)14-21(11-15-5-6-15)12-16-3-2-4-18-19-7-8-22(16)18/h2-4,7-8,15,17H,5-6,9-14H2,1H3. The van der Waals surface area contributed by atoms with Crippen LogP contribution in [0.25, 0.3) is 5.65 Å². The summed E-state index contributed by atoms with van der Waals surface area (Å²) < 4.78 is 8.19. The van der Waals surface area contributed by atoms with Crippen LogP contribution in [0.5, 0.6) is 0 Å². The van der Waals surface area contributed by atoms with Crippen LogP contribution >= 0.6 is 0 Å². The van der Waals surface area contributed by atoms with Gasteiger partial charge in [0.25, 0.3) is 0 Å². The Balaban J connectivity index is 1.47. The Morgan fingerprint density at radius 1 is 1.30 bits per heavy atom. The molecule has 0 N–H and O–H groups in total. The molecule has 2 aromatic rings. The van der Waals surface area contributed by atoms with Crippen LogP contribution in [-0.2, 0) is 11.3 Å². The lowest BCUT2D eigenvalue weighted by atomic mass is 10.2. The number of likely N-dealkylation sites (N-methyl/N-ethyl adjacent to an activating group) is 1. The van der Waals surface area contributed by atoms with E-state index in [-0.39, 0.29) is 0 Å². The van der Waals surface area contributed by atoms with E-state index in [9.17, 15) is 0 Å². The summed E-state index contributed by atoms with van der Waals surface area (Å²) in [6.07, 6.45) is 7.04. The number of rotatable bonds is 6. The van der Waals surface area contributed by atoms with Crippen LogP contribution in [0, 0.1) is 5.92 Å². The first kappa shape index (κ1) is 15.1. The molecule has 4 rings (SSSR count). The third kappa shape index (κ3) is 3.74. The van der Waals surface area contributed by atoms with Crippen LogP contribution in [0.3, 0.4) is 0 Å². The lowest BCUT2D eigenvalue weighted by Crippen LogP contribution is -2.46. The van der Waals surface area contributed by atoms with E-state index >= 15 is 0 Å². The average Bonchev–Trinajstić information content (AvgIpc) is 3.21. The molecule has 1 saturated heterocycles. The molecule has 0 aromatic carbocycles. The highest BCUT2D eigenvalue weighted by atomic mass is 16.5. The van der Waals surface area contributed by atoms with Gasteiger partial charge in [-0.3, -0.25) is 4.90 Å². The Kier molecular flexibility index (Phi) is 4.33. The highest BCUT2D eigenvalue weighted by Crippen LogP contribution is 2.30.